The highest BCUT2D eigenvalue weighted by Crippen LogP contribution is 2.39. The van der Waals surface area contributed by atoms with Crippen molar-refractivity contribution in [1.82, 2.24) is 4.98 Å². The maximum Gasteiger partial charge on any atom is 0.306 e. The normalized spacial score (nSPS) is 12.1. The van der Waals surface area contributed by atoms with Crippen molar-refractivity contribution in [3.8, 4) is 22.6 Å². The van der Waals surface area contributed by atoms with Crippen LogP contribution in [0.2, 0.25) is 0 Å². The van der Waals surface area contributed by atoms with Crippen molar-refractivity contribution in [2.24, 2.45) is 0 Å². The molecule has 8 heteroatoms. The fraction of sp³-hybridized carbons (Fsp3) is 0.138. The monoisotopic (exact) mass is 497 g/mol. The first kappa shape index (κ1) is 23.9. The Hall–Kier alpha value is -4.85. The van der Waals surface area contributed by atoms with Crippen LogP contribution in [-0.4, -0.2) is 28.3 Å². The van der Waals surface area contributed by atoms with Crippen LogP contribution in [-0.2, 0) is 9.53 Å². The number of benzene rings is 3. The first-order chi connectivity index (χ1) is 17.8. The number of ether oxygens (including phenoxy) is 1. The van der Waals surface area contributed by atoms with E-state index in [4.69, 9.17) is 9.15 Å². The van der Waals surface area contributed by atoms with Crippen molar-refractivity contribution in [3.05, 3.63) is 104 Å². The van der Waals surface area contributed by atoms with Crippen molar-refractivity contribution in [2.75, 3.05) is 7.11 Å². The second kappa shape index (κ2) is 9.31. The van der Waals surface area contributed by atoms with Crippen molar-refractivity contribution in [3.63, 3.8) is 0 Å². The molecule has 0 saturated heterocycles. The van der Waals surface area contributed by atoms with E-state index in [0.717, 1.165) is 10.9 Å². The molecule has 0 aliphatic rings. The maximum absolute atomic E-state index is 13.4. The minimum atomic E-state index is -0.965. The van der Waals surface area contributed by atoms with Crippen LogP contribution in [0.1, 0.15) is 29.0 Å². The van der Waals surface area contributed by atoms with Crippen LogP contribution < -0.4 is 11.0 Å². The molecule has 0 radical (unpaired) electrons. The second-order valence-electron chi connectivity index (χ2n) is 8.88. The first-order valence-electron chi connectivity index (χ1n) is 11.5. The molecule has 2 aromatic heterocycles. The zero-order chi connectivity index (χ0) is 26.3. The summed E-state index contributed by atoms with van der Waals surface area (Å²) in [5.74, 6) is -1.74. The number of aryl methyl sites for hydroxylation is 1. The van der Waals surface area contributed by atoms with Gasteiger partial charge in [0.25, 0.3) is 5.56 Å². The Bertz CT molecular complexity index is 1780. The Morgan fingerprint density at radius 3 is 2.51 bits per heavy atom. The van der Waals surface area contributed by atoms with Gasteiger partial charge in [-0.3, -0.25) is 14.4 Å². The lowest BCUT2D eigenvalue weighted by molar-refractivity contribution is -0.140. The lowest BCUT2D eigenvalue weighted by Crippen LogP contribution is -2.20. The number of rotatable bonds is 5. The van der Waals surface area contributed by atoms with Gasteiger partial charge in [-0.05, 0) is 60.3 Å². The first-order valence-corrected chi connectivity index (χ1v) is 11.5. The Balaban J connectivity index is 1.76. The minimum absolute atomic E-state index is 0.0580. The van der Waals surface area contributed by atoms with E-state index in [1.165, 1.54) is 37.6 Å². The summed E-state index contributed by atoms with van der Waals surface area (Å²) in [5, 5.41) is 21.4. The zero-order valence-electron chi connectivity index (χ0n) is 20.1. The zero-order valence-corrected chi connectivity index (χ0v) is 20.1. The topological polar surface area (TPSA) is 130 Å². The summed E-state index contributed by atoms with van der Waals surface area (Å²) in [6.45, 7) is 1.92. The number of H-pyrrole nitrogens is 1. The van der Waals surface area contributed by atoms with Gasteiger partial charge < -0.3 is 24.4 Å². The third kappa shape index (κ3) is 4.33. The van der Waals surface area contributed by atoms with E-state index in [-0.39, 0.29) is 51.0 Å². The number of carbonyl (C=O) groups excluding carboxylic acids is 1. The summed E-state index contributed by atoms with van der Waals surface area (Å²) < 4.78 is 10.8. The highest BCUT2D eigenvalue weighted by atomic mass is 16.5. The van der Waals surface area contributed by atoms with Crippen LogP contribution in [0.25, 0.3) is 33.0 Å². The summed E-state index contributed by atoms with van der Waals surface area (Å²) in [6.07, 6.45) is 0.996. The molecule has 186 valence electrons. The SMILES string of the molecule is COC(=O)C[C@H](c1cc2cc(C)ccc2[nH]c1=O)c1c(O)ccc2c(=O)c(-c3ccc(O)cc3)coc12. The van der Waals surface area contributed by atoms with Crippen LogP contribution in [0.5, 0.6) is 11.5 Å². The molecule has 3 N–H and O–H groups in total. The molecule has 0 fully saturated rings. The van der Waals surface area contributed by atoms with Crippen LogP contribution in [0, 0.1) is 6.92 Å². The smallest absolute Gasteiger partial charge is 0.306 e. The minimum Gasteiger partial charge on any atom is -0.508 e. The molecule has 0 aliphatic carbocycles. The number of phenolic OH excluding ortho intramolecular Hbond substituents is 2. The van der Waals surface area contributed by atoms with Gasteiger partial charge in [-0.15, -0.1) is 0 Å². The molecule has 0 saturated carbocycles. The molecular weight excluding hydrogens is 474 g/mol. The summed E-state index contributed by atoms with van der Waals surface area (Å²) in [6, 6.07) is 16.1. The van der Waals surface area contributed by atoms with E-state index in [0.29, 0.717) is 11.1 Å². The molecule has 0 spiro atoms. The van der Waals surface area contributed by atoms with E-state index in [9.17, 15) is 24.6 Å². The Morgan fingerprint density at radius 2 is 1.78 bits per heavy atom. The predicted octanol–water partition coefficient (Wildman–Crippen LogP) is 4.72. The van der Waals surface area contributed by atoms with Crippen molar-refractivity contribution in [2.45, 2.75) is 19.3 Å². The molecule has 8 nitrogen and oxygen atoms in total. The molecular formula is C29H23NO7. The van der Waals surface area contributed by atoms with Gasteiger partial charge in [-0.25, -0.2) is 0 Å². The number of aromatic nitrogens is 1. The third-order valence-corrected chi connectivity index (χ3v) is 6.49. The molecule has 0 bridgehead atoms. The second-order valence-corrected chi connectivity index (χ2v) is 8.88. The van der Waals surface area contributed by atoms with E-state index in [1.807, 2.05) is 19.1 Å². The van der Waals surface area contributed by atoms with Gasteiger partial charge in [0.15, 0.2) is 0 Å². The Morgan fingerprint density at radius 1 is 1.03 bits per heavy atom. The number of aromatic amines is 1. The Labute approximate surface area is 210 Å². The summed E-state index contributed by atoms with van der Waals surface area (Å²) >= 11 is 0. The van der Waals surface area contributed by atoms with Crippen LogP contribution >= 0.6 is 0 Å². The van der Waals surface area contributed by atoms with E-state index in [2.05, 4.69) is 4.98 Å². The van der Waals surface area contributed by atoms with E-state index in [1.54, 1.807) is 24.3 Å². The highest BCUT2D eigenvalue weighted by molar-refractivity contribution is 5.88. The molecule has 0 aliphatic heterocycles. The molecule has 2 heterocycles. The van der Waals surface area contributed by atoms with Crippen molar-refractivity contribution < 1.29 is 24.2 Å². The fourth-order valence-electron chi connectivity index (χ4n) is 4.61. The van der Waals surface area contributed by atoms with Gasteiger partial charge in [0, 0.05) is 22.6 Å². The average Bonchev–Trinajstić information content (AvgIpc) is 2.88. The molecule has 37 heavy (non-hydrogen) atoms. The van der Waals surface area contributed by atoms with Gasteiger partial charge >= 0.3 is 5.97 Å². The number of phenols is 2. The molecule has 5 aromatic rings. The van der Waals surface area contributed by atoms with E-state index >= 15 is 0 Å². The standard InChI is InChI=1S/C29H23NO7/c1-15-3-9-23-17(11-15)12-21(29(35)30-23)20(13-25(33)36-2)26-24(32)10-8-19-27(34)22(14-37-28(19)26)16-4-6-18(31)7-5-16/h3-12,14,20,31-32H,13H2,1-2H3,(H,30,35)/t20-/m1/s1. The van der Waals surface area contributed by atoms with Crippen LogP contribution in [0.15, 0.2) is 80.9 Å². The number of pyridine rings is 1. The molecule has 5 rings (SSSR count). The molecule has 1 atom stereocenters. The van der Waals surface area contributed by atoms with Gasteiger partial charge in [0.2, 0.25) is 5.43 Å². The lowest BCUT2D eigenvalue weighted by atomic mass is 9.86. The van der Waals surface area contributed by atoms with Gasteiger partial charge in [0.1, 0.15) is 23.3 Å². The predicted molar refractivity (Wildman–Crippen MR) is 139 cm³/mol. The maximum atomic E-state index is 13.4. The molecule has 3 aromatic carbocycles. The third-order valence-electron chi connectivity index (χ3n) is 6.49. The largest absolute Gasteiger partial charge is 0.508 e. The van der Waals surface area contributed by atoms with Gasteiger partial charge in [-0.1, -0.05) is 23.8 Å². The number of esters is 1. The molecule has 0 unspecified atom stereocenters. The number of hydrogen-bond donors (Lipinski definition) is 3. The fourth-order valence-corrected chi connectivity index (χ4v) is 4.61. The number of fused-ring (bicyclic) bond motifs is 2. The Kier molecular flexibility index (Phi) is 6.01. The summed E-state index contributed by atoms with van der Waals surface area (Å²) in [7, 11) is 1.24. The molecule has 0 amide bonds. The van der Waals surface area contributed by atoms with Crippen LogP contribution in [0.4, 0.5) is 0 Å². The number of aromatic hydroxyl groups is 2. The van der Waals surface area contributed by atoms with Crippen molar-refractivity contribution in [1.29, 1.82) is 0 Å². The van der Waals surface area contributed by atoms with Gasteiger partial charge in [0.05, 0.1) is 24.5 Å². The van der Waals surface area contributed by atoms with E-state index < -0.39 is 17.4 Å². The lowest BCUT2D eigenvalue weighted by Gasteiger charge is -2.19. The number of carbonyl (C=O) groups is 1. The number of nitrogens with one attached hydrogen (secondary N) is 1. The highest BCUT2D eigenvalue weighted by Gasteiger charge is 2.29. The number of methoxy groups -OCH3 is 1. The van der Waals surface area contributed by atoms with Crippen molar-refractivity contribution >= 4 is 27.8 Å². The average molecular weight is 498 g/mol. The van der Waals surface area contributed by atoms with Crippen LogP contribution in [0.3, 0.4) is 0 Å². The summed E-state index contributed by atoms with van der Waals surface area (Å²) in [4.78, 5) is 41.9. The quantitative estimate of drug-likeness (QED) is 0.300. The van der Waals surface area contributed by atoms with Gasteiger partial charge in [-0.2, -0.15) is 0 Å². The number of hydrogen-bond acceptors (Lipinski definition) is 7. The summed E-state index contributed by atoms with van der Waals surface area (Å²) in [5.41, 5.74) is 2.01.